The van der Waals surface area contributed by atoms with Crippen LogP contribution in [0.25, 0.3) is 6.08 Å². The van der Waals surface area contributed by atoms with E-state index in [1.54, 1.807) is 6.92 Å². The monoisotopic (exact) mass is 255 g/mol. The van der Waals surface area contributed by atoms with Crippen LogP contribution in [0, 0.1) is 6.92 Å². The summed E-state index contributed by atoms with van der Waals surface area (Å²) in [6, 6.07) is 3.71. The van der Waals surface area contributed by atoms with Crippen LogP contribution in [0.4, 0.5) is 5.69 Å². The third-order valence-electron chi connectivity index (χ3n) is 2.14. The Bertz CT molecular complexity index is 429. The zero-order valence-electron chi connectivity index (χ0n) is 9.29. The van der Waals surface area contributed by atoms with Gasteiger partial charge in [-0.3, -0.25) is 4.79 Å². The first-order valence-corrected chi connectivity index (χ1v) is 6.23. The van der Waals surface area contributed by atoms with Gasteiger partial charge < -0.3 is 5.73 Å². The Morgan fingerprint density at radius 3 is 2.88 bits per heavy atom. The SMILES string of the molecule is CC(=O)SCC=Cc1ccc(N)c(C)c1Cl. The van der Waals surface area contributed by atoms with Crippen molar-refractivity contribution in [3.05, 3.63) is 34.4 Å². The quantitative estimate of drug-likeness (QED) is 0.841. The van der Waals surface area contributed by atoms with E-state index in [2.05, 4.69) is 0 Å². The highest BCUT2D eigenvalue weighted by Crippen LogP contribution is 2.26. The summed E-state index contributed by atoms with van der Waals surface area (Å²) in [5, 5.41) is 0.785. The predicted octanol–water partition coefficient (Wildman–Crippen LogP) is 3.52. The molecule has 0 aliphatic rings. The van der Waals surface area contributed by atoms with Crippen molar-refractivity contribution < 1.29 is 4.79 Å². The third kappa shape index (κ3) is 3.58. The molecular weight excluding hydrogens is 242 g/mol. The van der Waals surface area contributed by atoms with Crippen LogP contribution in [-0.4, -0.2) is 10.9 Å². The molecule has 1 aromatic rings. The van der Waals surface area contributed by atoms with Gasteiger partial charge in [-0.25, -0.2) is 0 Å². The smallest absolute Gasteiger partial charge is 0.186 e. The summed E-state index contributed by atoms with van der Waals surface area (Å²) < 4.78 is 0. The number of anilines is 1. The maximum Gasteiger partial charge on any atom is 0.186 e. The second-order valence-electron chi connectivity index (χ2n) is 3.39. The number of nitrogen functional groups attached to an aromatic ring is 1. The lowest BCUT2D eigenvalue weighted by atomic mass is 10.1. The molecule has 0 bridgehead atoms. The second kappa shape index (κ2) is 5.97. The van der Waals surface area contributed by atoms with E-state index < -0.39 is 0 Å². The lowest BCUT2D eigenvalue weighted by Crippen LogP contribution is -1.91. The molecule has 0 fully saturated rings. The summed E-state index contributed by atoms with van der Waals surface area (Å²) in [5.41, 5.74) is 8.24. The molecule has 0 unspecified atom stereocenters. The van der Waals surface area contributed by atoms with Crippen molar-refractivity contribution >= 4 is 40.2 Å². The molecule has 0 aliphatic heterocycles. The van der Waals surface area contributed by atoms with E-state index >= 15 is 0 Å². The molecule has 86 valence electrons. The number of hydrogen-bond donors (Lipinski definition) is 1. The van der Waals surface area contributed by atoms with E-state index in [0.29, 0.717) is 16.5 Å². The number of benzene rings is 1. The van der Waals surface area contributed by atoms with Gasteiger partial charge in [0.2, 0.25) is 0 Å². The number of thioether (sulfide) groups is 1. The van der Waals surface area contributed by atoms with Crippen molar-refractivity contribution in [1.82, 2.24) is 0 Å². The van der Waals surface area contributed by atoms with Crippen molar-refractivity contribution in [3.8, 4) is 0 Å². The first-order chi connectivity index (χ1) is 7.52. The summed E-state index contributed by atoms with van der Waals surface area (Å²) in [5.74, 6) is 0.662. The van der Waals surface area contributed by atoms with Crippen LogP contribution in [0.5, 0.6) is 0 Å². The van der Waals surface area contributed by atoms with Gasteiger partial charge in [-0.1, -0.05) is 41.6 Å². The van der Waals surface area contributed by atoms with Crippen LogP contribution in [0.15, 0.2) is 18.2 Å². The van der Waals surface area contributed by atoms with E-state index in [1.165, 1.54) is 11.8 Å². The van der Waals surface area contributed by atoms with Gasteiger partial charge in [0.15, 0.2) is 5.12 Å². The fraction of sp³-hybridized carbons (Fsp3) is 0.250. The highest BCUT2D eigenvalue weighted by Gasteiger charge is 2.03. The molecule has 0 saturated carbocycles. The fourth-order valence-corrected chi connectivity index (χ4v) is 1.85. The Balaban J connectivity index is 2.74. The van der Waals surface area contributed by atoms with Gasteiger partial charge in [-0.05, 0) is 24.1 Å². The Morgan fingerprint density at radius 1 is 1.56 bits per heavy atom. The molecule has 1 rings (SSSR count). The molecule has 0 amide bonds. The molecule has 0 atom stereocenters. The molecule has 2 N–H and O–H groups in total. The average Bonchev–Trinajstić information content (AvgIpc) is 2.23. The van der Waals surface area contributed by atoms with Crippen LogP contribution in [0.3, 0.4) is 0 Å². The van der Waals surface area contributed by atoms with Crippen LogP contribution in [0.1, 0.15) is 18.1 Å². The van der Waals surface area contributed by atoms with Crippen molar-refractivity contribution in [2.45, 2.75) is 13.8 Å². The van der Waals surface area contributed by atoms with E-state index in [0.717, 1.165) is 11.1 Å². The first kappa shape index (κ1) is 13.1. The summed E-state index contributed by atoms with van der Waals surface area (Å²) in [7, 11) is 0. The summed E-state index contributed by atoms with van der Waals surface area (Å²) >= 11 is 7.41. The average molecular weight is 256 g/mol. The molecule has 0 aliphatic carbocycles. The third-order valence-corrected chi connectivity index (χ3v) is 3.41. The minimum Gasteiger partial charge on any atom is -0.398 e. The van der Waals surface area contributed by atoms with Crippen molar-refractivity contribution in [1.29, 1.82) is 0 Å². The number of carbonyl (C=O) groups is 1. The number of rotatable bonds is 3. The molecule has 0 aromatic heterocycles. The van der Waals surface area contributed by atoms with Gasteiger partial charge in [-0.15, -0.1) is 0 Å². The Morgan fingerprint density at radius 2 is 2.25 bits per heavy atom. The van der Waals surface area contributed by atoms with E-state index in [9.17, 15) is 4.79 Å². The van der Waals surface area contributed by atoms with Crippen molar-refractivity contribution in [3.63, 3.8) is 0 Å². The van der Waals surface area contributed by atoms with Gasteiger partial charge in [-0.2, -0.15) is 0 Å². The highest BCUT2D eigenvalue weighted by molar-refractivity contribution is 8.13. The molecular formula is C12H14ClNOS. The van der Waals surface area contributed by atoms with E-state index in [1.807, 2.05) is 31.2 Å². The Hall–Kier alpha value is -0.930. The molecule has 0 saturated heterocycles. The van der Waals surface area contributed by atoms with Gasteiger partial charge in [0.1, 0.15) is 0 Å². The maximum absolute atomic E-state index is 10.7. The summed E-state index contributed by atoms with van der Waals surface area (Å²) in [4.78, 5) is 10.7. The van der Waals surface area contributed by atoms with Crippen LogP contribution in [-0.2, 0) is 4.79 Å². The lowest BCUT2D eigenvalue weighted by Gasteiger charge is -2.05. The minimum absolute atomic E-state index is 0.115. The van der Waals surface area contributed by atoms with Crippen LogP contribution >= 0.6 is 23.4 Å². The minimum atomic E-state index is 0.115. The molecule has 2 nitrogen and oxygen atoms in total. The fourth-order valence-electron chi connectivity index (χ4n) is 1.19. The molecule has 1 aromatic carbocycles. The Kier molecular flexibility index (Phi) is 4.90. The molecule has 0 radical (unpaired) electrons. The molecule has 4 heteroatoms. The topological polar surface area (TPSA) is 43.1 Å². The van der Waals surface area contributed by atoms with Gasteiger partial charge in [0.25, 0.3) is 0 Å². The predicted molar refractivity (Wildman–Crippen MR) is 72.8 cm³/mol. The Labute approximate surface area is 105 Å². The number of halogens is 1. The lowest BCUT2D eigenvalue weighted by molar-refractivity contribution is -0.109. The standard InChI is InChI=1S/C12H14ClNOS/c1-8-11(14)6-5-10(12(8)13)4-3-7-16-9(2)15/h3-6H,7,14H2,1-2H3. The highest BCUT2D eigenvalue weighted by atomic mass is 35.5. The molecule has 16 heavy (non-hydrogen) atoms. The van der Waals surface area contributed by atoms with Gasteiger partial charge >= 0.3 is 0 Å². The van der Waals surface area contributed by atoms with Gasteiger partial charge in [0.05, 0.1) is 5.02 Å². The summed E-state index contributed by atoms with van der Waals surface area (Å²) in [6.45, 7) is 3.44. The maximum atomic E-state index is 10.7. The van der Waals surface area contributed by atoms with E-state index in [-0.39, 0.29) is 5.12 Å². The normalized spacial score (nSPS) is 10.9. The first-order valence-electron chi connectivity index (χ1n) is 4.87. The van der Waals surface area contributed by atoms with Crippen molar-refractivity contribution in [2.75, 3.05) is 11.5 Å². The van der Waals surface area contributed by atoms with Gasteiger partial charge in [0, 0.05) is 18.4 Å². The summed E-state index contributed by atoms with van der Waals surface area (Å²) in [6.07, 6.45) is 3.83. The molecule has 0 heterocycles. The molecule has 0 spiro atoms. The van der Waals surface area contributed by atoms with Crippen molar-refractivity contribution in [2.24, 2.45) is 0 Å². The number of hydrogen-bond acceptors (Lipinski definition) is 3. The zero-order chi connectivity index (χ0) is 12.1. The second-order valence-corrected chi connectivity index (χ2v) is 4.96. The van der Waals surface area contributed by atoms with Crippen LogP contribution in [0.2, 0.25) is 5.02 Å². The van der Waals surface area contributed by atoms with E-state index in [4.69, 9.17) is 17.3 Å². The zero-order valence-corrected chi connectivity index (χ0v) is 10.9. The van der Waals surface area contributed by atoms with Crippen LogP contribution < -0.4 is 5.73 Å². The number of carbonyl (C=O) groups excluding carboxylic acids is 1. The largest absolute Gasteiger partial charge is 0.398 e. The number of nitrogens with two attached hydrogens (primary N) is 1.